The predicted molar refractivity (Wildman–Crippen MR) is 88.6 cm³/mol. The van der Waals surface area contributed by atoms with Crippen LogP contribution in [0.5, 0.6) is 0 Å². The quantitative estimate of drug-likeness (QED) is 0.187. The summed E-state index contributed by atoms with van der Waals surface area (Å²) in [4.78, 5) is 4.05. The highest BCUT2D eigenvalue weighted by molar-refractivity contribution is 8.00. The molecule has 0 amide bonds. The molecule has 0 radical (unpaired) electrons. The Morgan fingerprint density at radius 2 is 1.92 bits per heavy atom. The van der Waals surface area contributed by atoms with Gasteiger partial charge in [-0.3, -0.25) is 5.26 Å². The Balaban J connectivity index is 1.81. The topological polar surface area (TPSA) is 132 Å². The van der Waals surface area contributed by atoms with Crippen LogP contribution in [0.3, 0.4) is 0 Å². The van der Waals surface area contributed by atoms with E-state index in [9.17, 15) is 20.4 Å². The lowest BCUT2D eigenvalue weighted by Crippen LogP contribution is -2.57. The fourth-order valence-electron chi connectivity index (χ4n) is 3.27. The standard InChI is InChI=1S/C15H29NO7S/c17-8-11-12(18)13(19)14(20)15(23-11)24-10-4-1-3-9(7-10)16-5-2-6-22-21/h9-21H,1-8H2/t9?,10?,11?,12-,13?,14?,15-/m0/s1. The molecule has 1 aliphatic carbocycles. The van der Waals surface area contributed by atoms with E-state index in [1.807, 2.05) is 0 Å². The summed E-state index contributed by atoms with van der Waals surface area (Å²) in [7, 11) is 0. The van der Waals surface area contributed by atoms with Crippen LogP contribution >= 0.6 is 11.8 Å². The van der Waals surface area contributed by atoms with Crippen LogP contribution in [0.25, 0.3) is 0 Å². The number of ether oxygens (including phenoxy) is 1. The summed E-state index contributed by atoms with van der Waals surface area (Å²) in [6, 6.07) is 0.361. The van der Waals surface area contributed by atoms with Gasteiger partial charge in [-0.25, -0.2) is 4.89 Å². The zero-order chi connectivity index (χ0) is 17.5. The van der Waals surface area contributed by atoms with Crippen LogP contribution < -0.4 is 5.32 Å². The Kier molecular flexibility index (Phi) is 8.68. The van der Waals surface area contributed by atoms with Gasteiger partial charge in [0, 0.05) is 11.3 Å². The molecule has 8 nitrogen and oxygen atoms in total. The summed E-state index contributed by atoms with van der Waals surface area (Å²) in [5.74, 6) is 0. The molecule has 1 heterocycles. The maximum atomic E-state index is 10.1. The molecule has 1 saturated heterocycles. The molecule has 0 spiro atoms. The van der Waals surface area contributed by atoms with Crippen LogP contribution in [-0.2, 0) is 9.62 Å². The fraction of sp³-hybridized carbons (Fsp3) is 1.00. The smallest absolute Gasteiger partial charge is 0.132 e. The lowest BCUT2D eigenvalue weighted by molar-refractivity contribution is -0.242. The van der Waals surface area contributed by atoms with Gasteiger partial charge in [0.05, 0.1) is 13.2 Å². The van der Waals surface area contributed by atoms with Crippen molar-refractivity contribution in [2.45, 2.75) is 73.2 Å². The second kappa shape index (κ2) is 10.2. The summed E-state index contributed by atoms with van der Waals surface area (Å²) in [5.41, 5.74) is -0.660. The molecular weight excluding hydrogens is 338 g/mol. The molecule has 0 bridgehead atoms. The van der Waals surface area contributed by atoms with E-state index in [0.717, 1.165) is 38.6 Å². The highest BCUT2D eigenvalue weighted by Crippen LogP contribution is 2.36. The average Bonchev–Trinajstić information content (AvgIpc) is 2.59. The number of aliphatic hydroxyl groups excluding tert-OH is 4. The van der Waals surface area contributed by atoms with E-state index in [1.54, 1.807) is 0 Å². The number of hydrogen-bond acceptors (Lipinski definition) is 9. The van der Waals surface area contributed by atoms with Crippen molar-refractivity contribution in [1.29, 1.82) is 0 Å². The van der Waals surface area contributed by atoms with Crippen LogP contribution in [0.4, 0.5) is 0 Å². The van der Waals surface area contributed by atoms with Crippen LogP contribution in [-0.4, -0.2) is 86.6 Å². The molecular formula is C15H29NO7S. The van der Waals surface area contributed by atoms with Crippen molar-refractivity contribution in [3.8, 4) is 0 Å². The van der Waals surface area contributed by atoms with E-state index in [1.165, 1.54) is 11.8 Å². The highest BCUT2D eigenvalue weighted by Gasteiger charge is 2.44. The molecule has 9 heteroatoms. The summed E-state index contributed by atoms with van der Waals surface area (Å²) >= 11 is 1.46. The lowest BCUT2D eigenvalue weighted by atomic mass is 9.95. The van der Waals surface area contributed by atoms with Gasteiger partial charge in [0.1, 0.15) is 29.9 Å². The molecule has 7 atom stereocenters. The normalized spacial score (nSPS) is 40.6. The minimum Gasteiger partial charge on any atom is -0.394 e. The Bertz CT molecular complexity index is 363. The molecule has 2 rings (SSSR count). The monoisotopic (exact) mass is 367 g/mol. The third-order valence-corrected chi connectivity index (χ3v) is 6.12. The first-order valence-corrected chi connectivity index (χ1v) is 9.46. The molecule has 24 heavy (non-hydrogen) atoms. The fourth-order valence-corrected chi connectivity index (χ4v) is 4.82. The molecule has 142 valence electrons. The van der Waals surface area contributed by atoms with Crippen molar-refractivity contribution in [2.75, 3.05) is 19.8 Å². The Morgan fingerprint density at radius 3 is 2.62 bits per heavy atom. The van der Waals surface area contributed by atoms with Crippen molar-refractivity contribution in [3.63, 3.8) is 0 Å². The average molecular weight is 367 g/mol. The molecule has 1 aliphatic heterocycles. The van der Waals surface area contributed by atoms with Gasteiger partial charge in [-0.1, -0.05) is 6.42 Å². The van der Waals surface area contributed by atoms with E-state index in [2.05, 4.69) is 10.2 Å². The Hall–Kier alpha value is 0.0300. The van der Waals surface area contributed by atoms with Crippen molar-refractivity contribution in [2.24, 2.45) is 0 Å². The van der Waals surface area contributed by atoms with Crippen molar-refractivity contribution in [3.05, 3.63) is 0 Å². The maximum absolute atomic E-state index is 10.1. The van der Waals surface area contributed by atoms with E-state index in [4.69, 9.17) is 9.99 Å². The molecule has 2 fully saturated rings. The number of aliphatic hydroxyl groups is 4. The van der Waals surface area contributed by atoms with E-state index < -0.39 is 36.5 Å². The summed E-state index contributed by atoms with van der Waals surface area (Å²) in [6.07, 6.45) is 0.129. The zero-order valence-electron chi connectivity index (χ0n) is 13.7. The van der Waals surface area contributed by atoms with Gasteiger partial charge in [-0.05, 0) is 32.2 Å². The van der Waals surface area contributed by atoms with Crippen molar-refractivity contribution >= 4 is 11.8 Å². The first kappa shape index (κ1) is 20.3. The molecule has 5 unspecified atom stereocenters. The maximum Gasteiger partial charge on any atom is 0.132 e. The second-order valence-corrected chi connectivity index (χ2v) is 7.86. The predicted octanol–water partition coefficient (Wildman–Crippen LogP) is -0.700. The SMILES string of the molecule is OCC1O[C@@H](SC2CCCC(NCCCOO)C2)C(O)C(O)[C@H]1O. The minimum atomic E-state index is -1.32. The van der Waals surface area contributed by atoms with Crippen molar-refractivity contribution < 1.29 is 35.3 Å². The van der Waals surface area contributed by atoms with E-state index in [0.29, 0.717) is 12.6 Å². The summed E-state index contributed by atoms with van der Waals surface area (Å²) < 4.78 is 5.57. The van der Waals surface area contributed by atoms with Gasteiger partial charge in [-0.15, -0.1) is 11.8 Å². The van der Waals surface area contributed by atoms with Gasteiger partial charge in [0.15, 0.2) is 0 Å². The number of nitrogens with one attached hydrogen (secondary N) is 1. The van der Waals surface area contributed by atoms with Gasteiger partial charge >= 0.3 is 0 Å². The van der Waals surface area contributed by atoms with Crippen LogP contribution in [0.1, 0.15) is 32.1 Å². The second-order valence-electron chi connectivity index (χ2n) is 6.46. The lowest BCUT2D eigenvalue weighted by Gasteiger charge is -2.41. The van der Waals surface area contributed by atoms with Crippen LogP contribution in [0.15, 0.2) is 0 Å². The third-order valence-electron chi connectivity index (χ3n) is 4.65. The van der Waals surface area contributed by atoms with Crippen molar-refractivity contribution in [1.82, 2.24) is 5.32 Å². The van der Waals surface area contributed by atoms with Crippen LogP contribution in [0, 0.1) is 0 Å². The zero-order valence-corrected chi connectivity index (χ0v) is 14.5. The Morgan fingerprint density at radius 1 is 1.12 bits per heavy atom. The van der Waals surface area contributed by atoms with Crippen LogP contribution in [0.2, 0.25) is 0 Å². The molecule has 1 saturated carbocycles. The highest BCUT2D eigenvalue weighted by atomic mass is 32.2. The number of rotatable bonds is 8. The number of thioether (sulfide) groups is 1. The minimum absolute atomic E-state index is 0.270. The largest absolute Gasteiger partial charge is 0.394 e. The van der Waals surface area contributed by atoms with Gasteiger partial charge in [0.2, 0.25) is 0 Å². The molecule has 2 aliphatic rings. The number of hydrogen-bond donors (Lipinski definition) is 6. The van der Waals surface area contributed by atoms with Gasteiger partial charge in [0.25, 0.3) is 0 Å². The van der Waals surface area contributed by atoms with E-state index >= 15 is 0 Å². The molecule has 0 aromatic rings. The van der Waals surface area contributed by atoms with Gasteiger partial charge < -0.3 is 30.5 Å². The summed E-state index contributed by atoms with van der Waals surface area (Å²) in [5, 5.41) is 51.1. The third kappa shape index (κ3) is 5.52. The molecule has 0 aromatic carbocycles. The van der Waals surface area contributed by atoms with Gasteiger partial charge in [-0.2, -0.15) is 0 Å². The Labute approximate surface area is 146 Å². The molecule has 0 aromatic heterocycles. The first-order chi connectivity index (χ1) is 11.6. The first-order valence-electron chi connectivity index (χ1n) is 8.52. The molecule has 6 N–H and O–H groups in total. The summed E-state index contributed by atoms with van der Waals surface area (Å²) in [6.45, 7) is 0.676. The van der Waals surface area contributed by atoms with E-state index in [-0.39, 0.29) is 5.25 Å².